The fourth-order valence-electron chi connectivity index (χ4n) is 2.51. The molecule has 1 saturated heterocycles. The Kier molecular flexibility index (Phi) is 4.48. The van der Waals surface area contributed by atoms with Crippen LogP contribution in [-0.2, 0) is 11.2 Å². The number of hydrogen-bond acceptors (Lipinski definition) is 5. The Balaban J connectivity index is 1.41. The zero-order valence-corrected chi connectivity index (χ0v) is 12.3. The highest BCUT2D eigenvalue weighted by Gasteiger charge is 2.31. The molecule has 0 aromatic carbocycles. The molecule has 2 aromatic rings. The second-order valence-electron chi connectivity index (χ2n) is 5.53. The Labute approximate surface area is 125 Å². The number of nitrogens with zero attached hydrogens (tertiary/aromatic N) is 3. The smallest absolute Gasteiger partial charge is 0.376 e. The molecule has 1 aliphatic heterocycles. The highest BCUT2D eigenvalue weighted by molar-refractivity contribution is 6.45. The van der Waals surface area contributed by atoms with Crippen LogP contribution in [0.2, 0.25) is 6.82 Å². The maximum atomic E-state index is 9.35. The molecule has 0 unspecified atom stereocenters. The van der Waals surface area contributed by atoms with Gasteiger partial charge in [0.25, 0.3) is 0 Å². The van der Waals surface area contributed by atoms with Gasteiger partial charge in [0.2, 0.25) is 0 Å². The molecule has 1 aliphatic rings. The lowest BCUT2D eigenvalue weighted by molar-refractivity contribution is -0.0274. The standard InChI is InChI=1S/C15H20BN3O2/c1-16(20)19-10-14(11-19)21-9-3-5-13-7-6-12-4-2-8-17-15(12)18-13/h2,4,6-8,14,20H,3,5,9-11H2,1H3. The first-order valence-corrected chi connectivity index (χ1v) is 7.47. The topological polar surface area (TPSA) is 58.5 Å². The van der Waals surface area contributed by atoms with Gasteiger partial charge in [0.05, 0.1) is 6.10 Å². The summed E-state index contributed by atoms with van der Waals surface area (Å²) in [5.74, 6) is 0. The third-order valence-corrected chi connectivity index (χ3v) is 3.86. The monoisotopic (exact) mass is 285 g/mol. The summed E-state index contributed by atoms with van der Waals surface area (Å²) in [6, 6.07) is 8.07. The highest BCUT2D eigenvalue weighted by Crippen LogP contribution is 2.14. The van der Waals surface area contributed by atoms with Gasteiger partial charge in [0.15, 0.2) is 5.65 Å². The Hall–Kier alpha value is -1.50. The molecule has 0 aliphatic carbocycles. The van der Waals surface area contributed by atoms with Crippen molar-refractivity contribution in [2.45, 2.75) is 25.8 Å². The van der Waals surface area contributed by atoms with Crippen molar-refractivity contribution >= 4 is 18.1 Å². The average Bonchev–Trinajstić information content (AvgIpc) is 2.44. The van der Waals surface area contributed by atoms with Crippen molar-refractivity contribution < 1.29 is 9.76 Å². The third kappa shape index (κ3) is 3.58. The highest BCUT2D eigenvalue weighted by atomic mass is 16.5. The zero-order chi connectivity index (χ0) is 14.7. The first kappa shape index (κ1) is 14.4. The van der Waals surface area contributed by atoms with Crippen molar-refractivity contribution in [3.8, 4) is 0 Å². The third-order valence-electron chi connectivity index (χ3n) is 3.86. The van der Waals surface area contributed by atoms with E-state index in [1.54, 1.807) is 13.0 Å². The van der Waals surface area contributed by atoms with Crippen LogP contribution in [0.3, 0.4) is 0 Å². The van der Waals surface area contributed by atoms with E-state index in [1.807, 2.05) is 16.9 Å². The van der Waals surface area contributed by atoms with E-state index in [1.165, 1.54) is 0 Å². The van der Waals surface area contributed by atoms with E-state index in [4.69, 9.17) is 4.74 Å². The summed E-state index contributed by atoms with van der Waals surface area (Å²) in [6.45, 7) is 4.18. The molecule has 6 heteroatoms. The Bertz CT molecular complexity index is 602. The van der Waals surface area contributed by atoms with Crippen LogP contribution in [0.4, 0.5) is 0 Å². The number of aromatic nitrogens is 2. The van der Waals surface area contributed by atoms with Crippen LogP contribution < -0.4 is 0 Å². The molecule has 3 heterocycles. The van der Waals surface area contributed by atoms with Gasteiger partial charge in [-0.3, -0.25) is 0 Å². The molecule has 0 spiro atoms. The first-order valence-electron chi connectivity index (χ1n) is 7.47. The predicted molar refractivity (Wildman–Crippen MR) is 83.0 cm³/mol. The summed E-state index contributed by atoms with van der Waals surface area (Å²) in [6.07, 6.45) is 3.90. The summed E-state index contributed by atoms with van der Waals surface area (Å²) < 4.78 is 5.77. The van der Waals surface area contributed by atoms with Gasteiger partial charge < -0.3 is 14.6 Å². The average molecular weight is 285 g/mol. The largest absolute Gasteiger partial charge is 0.437 e. The minimum absolute atomic E-state index is 0.269. The van der Waals surface area contributed by atoms with E-state index in [0.717, 1.165) is 49.3 Å². The van der Waals surface area contributed by atoms with Crippen LogP contribution >= 0.6 is 0 Å². The number of fused-ring (bicyclic) bond motifs is 1. The SMILES string of the molecule is CB(O)N1CC(OCCCc2ccc3cccnc3n2)C1. The lowest BCUT2D eigenvalue weighted by Gasteiger charge is -2.39. The van der Waals surface area contributed by atoms with Crippen LogP contribution in [0.5, 0.6) is 0 Å². The lowest BCUT2D eigenvalue weighted by atomic mass is 9.81. The maximum Gasteiger partial charge on any atom is 0.376 e. The Morgan fingerprint density at radius 2 is 2.24 bits per heavy atom. The zero-order valence-electron chi connectivity index (χ0n) is 12.3. The summed E-state index contributed by atoms with van der Waals surface area (Å²) >= 11 is 0. The molecule has 2 aromatic heterocycles. The molecule has 5 nitrogen and oxygen atoms in total. The van der Waals surface area contributed by atoms with Gasteiger partial charge in [0, 0.05) is 37.0 Å². The van der Waals surface area contributed by atoms with E-state index in [2.05, 4.69) is 22.1 Å². The Morgan fingerprint density at radius 1 is 1.38 bits per heavy atom. The number of ether oxygens (including phenoxy) is 1. The number of aryl methyl sites for hydroxylation is 1. The van der Waals surface area contributed by atoms with Gasteiger partial charge in [-0.1, -0.05) is 0 Å². The van der Waals surface area contributed by atoms with E-state index < -0.39 is 0 Å². The predicted octanol–water partition coefficient (Wildman–Crippen LogP) is 1.37. The molecule has 21 heavy (non-hydrogen) atoms. The van der Waals surface area contributed by atoms with Gasteiger partial charge in [-0.2, -0.15) is 0 Å². The maximum absolute atomic E-state index is 9.35. The lowest BCUT2D eigenvalue weighted by Crippen LogP contribution is -2.57. The molecule has 0 radical (unpaired) electrons. The molecule has 0 bridgehead atoms. The van der Waals surface area contributed by atoms with Gasteiger partial charge >= 0.3 is 7.05 Å². The van der Waals surface area contributed by atoms with Gasteiger partial charge in [-0.05, 0) is 43.9 Å². The van der Waals surface area contributed by atoms with E-state index in [-0.39, 0.29) is 13.2 Å². The number of rotatable bonds is 6. The van der Waals surface area contributed by atoms with Gasteiger partial charge in [0.1, 0.15) is 0 Å². The van der Waals surface area contributed by atoms with E-state index in [9.17, 15) is 5.02 Å². The molecule has 110 valence electrons. The summed E-state index contributed by atoms with van der Waals surface area (Å²) in [5.41, 5.74) is 1.87. The first-order chi connectivity index (χ1) is 10.2. The summed E-state index contributed by atoms with van der Waals surface area (Å²) in [7, 11) is -0.362. The summed E-state index contributed by atoms with van der Waals surface area (Å²) in [5, 5.41) is 10.4. The van der Waals surface area contributed by atoms with Crippen molar-refractivity contribution in [2.75, 3.05) is 19.7 Å². The number of pyridine rings is 2. The van der Waals surface area contributed by atoms with Crippen molar-refractivity contribution in [1.82, 2.24) is 14.8 Å². The molecular formula is C15H20BN3O2. The van der Waals surface area contributed by atoms with Crippen LogP contribution in [0, 0.1) is 0 Å². The fourth-order valence-corrected chi connectivity index (χ4v) is 2.51. The second kappa shape index (κ2) is 6.51. The second-order valence-corrected chi connectivity index (χ2v) is 5.53. The van der Waals surface area contributed by atoms with Crippen molar-refractivity contribution in [3.05, 3.63) is 36.2 Å². The molecule has 1 fully saturated rings. The normalized spacial score (nSPS) is 16.1. The molecule has 3 rings (SSSR count). The van der Waals surface area contributed by atoms with Crippen molar-refractivity contribution in [2.24, 2.45) is 0 Å². The molecular weight excluding hydrogens is 265 g/mol. The number of hydrogen-bond donors (Lipinski definition) is 1. The van der Waals surface area contributed by atoms with E-state index in [0.29, 0.717) is 0 Å². The van der Waals surface area contributed by atoms with E-state index >= 15 is 0 Å². The Morgan fingerprint density at radius 3 is 3.05 bits per heavy atom. The van der Waals surface area contributed by atoms with Crippen molar-refractivity contribution in [1.29, 1.82) is 0 Å². The minimum Gasteiger partial charge on any atom is -0.437 e. The van der Waals surface area contributed by atoms with Crippen LogP contribution in [0.15, 0.2) is 30.5 Å². The van der Waals surface area contributed by atoms with Crippen LogP contribution in [0.1, 0.15) is 12.1 Å². The van der Waals surface area contributed by atoms with Crippen LogP contribution in [0.25, 0.3) is 11.0 Å². The van der Waals surface area contributed by atoms with Crippen molar-refractivity contribution in [3.63, 3.8) is 0 Å². The molecule has 0 amide bonds. The fraction of sp³-hybridized carbons (Fsp3) is 0.467. The molecule has 1 N–H and O–H groups in total. The van der Waals surface area contributed by atoms with Gasteiger partial charge in [-0.25, -0.2) is 9.97 Å². The molecule has 0 atom stereocenters. The quantitative estimate of drug-likeness (QED) is 0.641. The summed E-state index contributed by atoms with van der Waals surface area (Å²) in [4.78, 5) is 10.8. The van der Waals surface area contributed by atoms with Crippen LogP contribution in [-0.4, -0.2) is 52.7 Å². The minimum atomic E-state index is -0.362. The van der Waals surface area contributed by atoms with Gasteiger partial charge in [-0.15, -0.1) is 0 Å². The molecule has 0 saturated carbocycles.